The summed E-state index contributed by atoms with van der Waals surface area (Å²) in [7, 11) is 0. The SMILES string of the molecule is O=C(O)C(COc1ccc(OCc2ccc3ccccc3n2)cc1)Oc1ccccc1. The van der Waals surface area contributed by atoms with Crippen molar-refractivity contribution in [1.82, 2.24) is 4.98 Å². The van der Waals surface area contributed by atoms with Crippen molar-refractivity contribution in [3.63, 3.8) is 0 Å². The molecule has 1 unspecified atom stereocenters. The van der Waals surface area contributed by atoms with E-state index in [1.807, 2.05) is 42.5 Å². The van der Waals surface area contributed by atoms with E-state index in [4.69, 9.17) is 14.2 Å². The van der Waals surface area contributed by atoms with Crippen LogP contribution >= 0.6 is 0 Å². The second kappa shape index (κ2) is 9.63. The summed E-state index contributed by atoms with van der Waals surface area (Å²) in [5.74, 6) is 0.577. The van der Waals surface area contributed by atoms with Crippen LogP contribution in [0.25, 0.3) is 10.9 Å². The summed E-state index contributed by atoms with van der Waals surface area (Å²) in [6.45, 7) is 0.225. The fourth-order valence-electron chi connectivity index (χ4n) is 2.97. The van der Waals surface area contributed by atoms with Crippen molar-refractivity contribution >= 4 is 16.9 Å². The lowest BCUT2D eigenvalue weighted by Gasteiger charge is -2.16. The van der Waals surface area contributed by atoms with Crippen LogP contribution in [0.2, 0.25) is 0 Å². The first-order chi connectivity index (χ1) is 15.2. The minimum Gasteiger partial charge on any atom is -0.489 e. The molecule has 0 bridgehead atoms. The van der Waals surface area contributed by atoms with Crippen LogP contribution in [0.4, 0.5) is 0 Å². The number of ether oxygens (including phenoxy) is 3. The second-order valence-corrected chi connectivity index (χ2v) is 6.82. The summed E-state index contributed by atoms with van der Waals surface area (Å²) < 4.78 is 16.9. The van der Waals surface area contributed by atoms with Crippen LogP contribution in [0.5, 0.6) is 17.2 Å². The van der Waals surface area contributed by atoms with E-state index in [0.717, 1.165) is 16.6 Å². The molecule has 0 saturated heterocycles. The number of carboxylic acids is 1. The smallest absolute Gasteiger partial charge is 0.348 e. The van der Waals surface area contributed by atoms with E-state index in [9.17, 15) is 9.90 Å². The number of rotatable bonds is 9. The Labute approximate surface area is 179 Å². The summed E-state index contributed by atoms with van der Waals surface area (Å²) in [5, 5.41) is 10.5. The molecular formula is C25H21NO5. The van der Waals surface area contributed by atoms with Gasteiger partial charge in [-0.15, -0.1) is 0 Å². The average molecular weight is 415 g/mol. The van der Waals surface area contributed by atoms with Gasteiger partial charge < -0.3 is 19.3 Å². The summed E-state index contributed by atoms with van der Waals surface area (Å²) in [5.41, 5.74) is 1.76. The molecule has 6 heteroatoms. The van der Waals surface area contributed by atoms with Crippen LogP contribution in [-0.2, 0) is 11.4 Å². The summed E-state index contributed by atoms with van der Waals surface area (Å²) in [6.07, 6.45) is -1.11. The van der Waals surface area contributed by atoms with Crippen molar-refractivity contribution in [3.8, 4) is 17.2 Å². The van der Waals surface area contributed by atoms with E-state index in [0.29, 0.717) is 23.9 Å². The van der Waals surface area contributed by atoms with Gasteiger partial charge in [0.25, 0.3) is 0 Å². The highest BCUT2D eigenvalue weighted by molar-refractivity contribution is 5.78. The second-order valence-electron chi connectivity index (χ2n) is 6.82. The Hall–Kier alpha value is -4.06. The maximum atomic E-state index is 11.4. The molecule has 0 spiro atoms. The van der Waals surface area contributed by atoms with Crippen molar-refractivity contribution < 1.29 is 24.1 Å². The first kappa shape index (κ1) is 20.2. The fourth-order valence-corrected chi connectivity index (χ4v) is 2.97. The van der Waals surface area contributed by atoms with Crippen LogP contribution in [0.1, 0.15) is 5.69 Å². The van der Waals surface area contributed by atoms with Crippen LogP contribution in [0.3, 0.4) is 0 Å². The molecule has 3 aromatic carbocycles. The predicted molar refractivity (Wildman–Crippen MR) is 117 cm³/mol. The monoisotopic (exact) mass is 415 g/mol. The van der Waals surface area contributed by atoms with E-state index < -0.39 is 12.1 Å². The molecular weight excluding hydrogens is 394 g/mol. The fraction of sp³-hybridized carbons (Fsp3) is 0.120. The lowest BCUT2D eigenvalue weighted by atomic mass is 10.2. The van der Waals surface area contributed by atoms with E-state index in [2.05, 4.69) is 4.98 Å². The van der Waals surface area contributed by atoms with Crippen molar-refractivity contribution in [2.24, 2.45) is 0 Å². The van der Waals surface area contributed by atoms with Crippen LogP contribution in [0, 0.1) is 0 Å². The van der Waals surface area contributed by atoms with Crippen molar-refractivity contribution in [3.05, 3.63) is 96.7 Å². The molecule has 0 radical (unpaired) electrons. The zero-order valence-corrected chi connectivity index (χ0v) is 16.7. The topological polar surface area (TPSA) is 77.9 Å². The molecule has 4 rings (SSSR count). The van der Waals surface area contributed by atoms with Gasteiger partial charge in [-0.25, -0.2) is 9.78 Å². The Morgan fingerprint density at radius 2 is 1.45 bits per heavy atom. The molecule has 1 aromatic heterocycles. The van der Waals surface area contributed by atoms with E-state index >= 15 is 0 Å². The van der Waals surface area contributed by atoms with Gasteiger partial charge in [0.1, 0.15) is 30.5 Å². The third kappa shape index (κ3) is 5.51. The maximum Gasteiger partial charge on any atom is 0.348 e. The molecule has 31 heavy (non-hydrogen) atoms. The number of para-hydroxylation sites is 2. The highest BCUT2D eigenvalue weighted by Gasteiger charge is 2.20. The van der Waals surface area contributed by atoms with Gasteiger partial charge in [-0.2, -0.15) is 0 Å². The molecule has 0 aliphatic rings. The third-order valence-electron chi connectivity index (χ3n) is 4.56. The van der Waals surface area contributed by atoms with Gasteiger partial charge in [0.15, 0.2) is 0 Å². The van der Waals surface area contributed by atoms with Crippen molar-refractivity contribution in [2.75, 3.05) is 6.61 Å². The van der Waals surface area contributed by atoms with Crippen molar-refractivity contribution in [1.29, 1.82) is 0 Å². The molecule has 6 nitrogen and oxygen atoms in total. The number of carboxylic acid groups (broad SMARTS) is 1. The Morgan fingerprint density at radius 3 is 2.19 bits per heavy atom. The maximum absolute atomic E-state index is 11.4. The number of carbonyl (C=O) groups is 1. The summed E-state index contributed by atoms with van der Waals surface area (Å²) in [4.78, 5) is 16.0. The molecule has 1 atom stereocenters. The van der Waals surface area contributed by atoms with Crippen molar-refractivity contribution in [2.45, 2.75) is 12.7 Å². The largest absolute Gasteiger partial charge is 0.489 e. The zero-order valence-electron chi connectivity index (χ0n) is 16.7. The van der Waals surface area contributed by atoms with Crippen LogP contribution in [0.15, 0.2) is 91.0 Å². The molecule has 0 saturated carbocycles. The van der Waals surface area contributed by atoms with E-state index in [1.165, 1.54) is 0 Å². The molecule has 0 amide bonds. The number of benzene rings is 3. The van der Waals surface area contributed by atoms with E-state index in [1.54, 1.807) is 48.5 Å². The van der Waals surface area contributed by atoms with Gasteiger partial charge in [-0.1, -0.05) is 42.5 Å². The Bertz CT molecular complexity index is 1150. The van der Waals surface area contributed by atoms with Gasteiger partial charge >= 0.3 is 5.97 Å². The number of hydrogen-bond acceptors (Lipinski definition) is 5. The average Bonchev–Trinajstić information content (AvgIpc) is 2.81. The summed E-state index contributed by atoms with van der Waals surface area (Å²) in [6, 6.07) is 27.7. The van der Waals surface area contributed by atoms with Gasteiger partial charge in [0, 0.05) is 5.39 Å². The zero-order chi connectivity index (χ0) is 21.5. The normalized spacial score (nSPS) is 11.6. The number of fused-ring (bicyclic) bond motifs is 1. The van der Waals surface area contributed by atoms with E-state index in [-0.39, 0.29) is 6.61 Å². The van der Waals surface area contributed by atoms with Crippen LogP contribution in [-0.4, -0.2) is 28.8 Å². The first-order valence-corrected chi connectivity index (χ1v) is 9.82. The number of nitrogens with zero attached hydrogens (tertiary/aromatic N) is 1. The molecule has 0 aliphatic carbocycles. The molecule has 1 N–H and O–H groups in total. The van der Waals surface area contributed by atoms with Crippen LogP contribution < -0.4 is 14.2 Å². The molecule has 0 aliphatic heterocycles. The lowest BCUT2D eigenvalue weighted by molar-refractivity contribution is -0.146. The Kier molecular flexibility index (Phi) is 6.28. The number of aromatic nitrogens is 1. The standard InChI is InChI=1S/C25H21NO5/c27-25(28)24(31-22-7-2-1-3-8-22)17-30-21-14-12-20(13-15-21)29-16-19-11-10-18-6-4-5-9-23(18)26-19/h1-15,24H,16-17H2,(H,27,28). The molecule has 1 heterocycles. The quantitative estimate of drug-likeness (QED) is 0.426. The molecule has 4 aromatic rings. The van der Waals surface area contributed by atoms with Gasteiger partial charge in [0.2, 0.25) is 6.10 Å². The number of pyridine rings is 1. The number of aliphatic carboxylic acids is 1. The lowest BCUT2D eigenvalue weighted by Crippen LogP contribution is -2.33. The Morgan fingerprint density at radius 1 is 0.774 bits per heavy atom. The molecule has 0 fully saturated rings. The predicted octanol–water partition coefficient (Wildman–Crippen LogP) is 4.72. The highest BCUT2D eigenvalue weighted by Crippen LogP contribution is 2.20. The highest BCUT2D eigenvalue weighted by atomic mass is 16.6. The van der Waals surface area contributed by atoms with Gasteiger partial charge in [-0.3, -0.25) is 0 Å². The third-order valence-corrected chi connectivity index (χ3v) is 4.56. The number of hydrogen-bond donors (Lipinski definition) is 1. The Balaban J connectivity index is 1.31. The van der Waals surface area contributed by atoms with Gasteiger partial charge in [0.05, 0.1) is 11.2 Å². The minimum absolute atomic E-state index is 0.120. The first-order valence-electron chi connectivity index (χ1n) is 9.82. The van der Waals surface area contributed by atoms with Gasteiger partial charge in [-0.05, 0) is 48.5 Å². The summed E-state index contributed by atoms with van der Waals surface area (Å²) >= 11 is 0. The molecule has 156 valence electrons. The minimum atomic E-state index is -1.11.